The van der Waals surface area contributed by atoms with Gasteiger partial charge in [-0.3, -0.25) is 4.79 Å². The average Bonchev–Trinajstić information content (AvgIpc) is 2.42. The molecule has 1 aromatic rings. The van der Waals surface area contributed by atoms with Crippen LogP contribution in [0.3, 0.4) is 0 Å². The predicted molar refractivity (Wildman–Crippen MR) is 87.0 cm³/mol. The number of aromatic nitrogens is 1. The van der Waals surface area contributed by atoms with Crippen molar-refractivity contribution >= 4 is 5.91 Å². The Morgan fingerprint density at radius 1 is 1.45 bits per heavy atom. The average molecular weight is 305 g/mol. The molecule has 0 unspecified atom stereocenters. The minimum Gasteiger partial charge on any atom is -0.481 e. The summed E-state index contributed by atoms with van der Waals surface area (Å²) < 4.78 is 5.44. The van der Waals surface area contributed by atoms with E-state index in [0.29, 0.717) is 11.8 Å². The summed E-state index contributed by atoms with van der Waals surface area (Å²) in [5.74, 6) is 1.86. The Hall–Kier alpha value is -1.62. The van der Waals surface area contributed by atoms with Gasteiger partial charge in [-0.05, 0) is 19.0 Å². The van der Waals surface area contributed by atoms with Gasteiger partial charge in [0.25, 0.3) is 0 Å². The van der Waals surface area contributed by atoms with Gasteiger partial charge in [-0.15, -0.1) is 0 Å². The first-order chi connectivity index (χ1) is 10.4. The third-order valence-electron chi connectivity index (χ3n) is 4.16. The summed E-state index contributed by atoms with van der Waals surface area (Å²) in [5, 5.41) is 0. The van der Waals surface area contributed by atoms with E-state index in [0.717, 1.165) is 43.3 Å². The lowest BCUT2D eigenvalue weighted by Crippen LogP contribution is -2.52. The second kappa shape index (κ2) is 7.09. The highest BCUT2D eigenvalue weighted by Gasteiger charge is 2.29. The first-order valence-corrected chi connectivity index (χ1v) is 7.88. The molecular weight excluding hydrogens is 278 g/mol. The van der Waals surface area contributed by atoms with E-state index in [2.05, 4.69) is 42.9 Å². The van der Waals surface area contributed by atoms with Crippen molar-refractivity contribution in [2.45, 2.75) is 33.2 Å². The predicted octanol–water partition coefficient (Wildman–Crippen LogP) is 2.12. The van der Waals surface area contributed by atoms with E-state index >= 15 is 0 Å². The lowest BCUT2D eigenvalue weighted by Gasteiger charge is -2.40. The normalized spacial score (nSPS) is 15.3. The third-order valence-corrected chi connectivity index (χ3v) is 4.16. The summed E-state index contributed by atoms with van der Waals surface area (Å²) in [5.41, 5.74) is 2.16. The van der Waals surface area contributed by atoms with Crippen LogP contribution in [0, 0.1) is 5.92 Å². The highest BCUT2D eigenvalue weighted by molar-refractivity contribution is 5.74. The van der Waals surface area contributed by atoms with Crippen LogP contribution >= 0.6 is 0 Å². The van der Waals surface area contributed by atoms with Crippen molar-refractivity contribution in [1.29, 1.82) is 0 Å². The minimum atomic E-state index is 0.175. The highest BCUT2D eigenvalue weighted by atomic mass is 16.5. The number of methoxy groups -OCH3 is 1. The first kappa shape index (κ1) is 16.7. The van der Waals surface area contributed by atoms with Crippen molar-refractivity contribution in [3.8, 4) is 5.88 Å². The maximum absolute atomic E-state index is 11.2. The zero-order chi connectivity index (χ0) is 16.3. The van der Waals surface area contributed by atoms with E-state index in [-0.39, 0.29) is 5.91 Å². The maximum Gasteiger partial charge on any atom is 0.219 e. The molecule has 0 radical (unpaired) electrons. The quantitative estimate of drug-likeness (QED) is 0.807. The van der Waals surface area contributed by atoms with Gasteiger partial charge >= 0.3 is 0 Å². The van der Waals surface area contributed by atoms with Crippen molar-refractivity contribution in [2.24, 2.45) is 5.92 Å². The van der Waals surface area contributed by atoms with Crippen molar-refractivity contribution in [3.63, 3.8) is 0 Å². The number of pyridine rings is 1. The maximum atomic E-state index is 11.2. The molecule has 1 amide bonds. The summed E-state index contributed by atoms with van der Waals surface area (Å²) in [7, 11) is 3.78. The molecule has 0 saturated carbocycles. The van der Waals surface area contributed by atoms with E-state index in [1.54, 1.807) is 14.0 Å². The number of amides is 1. The van der Waals surface area contributed by atoms with Gasteiger partial charge in [0.1, 0.15) is 0 Å². The van der Waals surface area contributed by atoms with Gasteiger partial charge in [0.05, 0.1) is 7.11 Å². The molecule has 0 N–H and O–H groups in total. The van der Waals surface area contributed by atoms with Crippen LogP contribution in [0.1, 0.15) is 37.9 Å². The molecule has 1 aromatic heterocycles. The van der Waals surface area contributed by atoms with Crippen LogP contribution in [0.4, 0.5) is 0 Å². The molecule has 122 valence electrons. The van der Waals surface area contributed by atoms with Crippen LogP contribution in [0.25, 0.3) is 0 Å². The summed E-state index contributed by atoms with van der Waals surface area (Å²) in [4.78, 5) is 20.0. The van der Waals surface area contributed by atoms with E-state index < -0.39 is 0 Å². The molecule has 0 atom stereocenters. The van der Waals surface area contributed by atoms with Gasteiger partial charge in [-0.2, -0.15) is 0 Å². The van der Waals surface area contributed by atoms with Gasteiger partial charge < -0.3 is 14.5 Å². The molecule has 1 saturated heterocycles. The van der Waals surface area contributed by atoms with Crippen molar-refractivity contribution in [1.82, 2.24) is 14.8 Å². The van der Waals surface area contributed by atoms with Crippen molar-refractivity contribution in [2.75, 3.05) is 33.8 Å². The molecule has 0 spiro atoms. The standard InChI is InChI=1S/C17H27N3O2/c1-12(2)16-7-6-15(17(18-16)22-5)11-19(4)8-14-9-20(10-14)13(3)21/h6-7,12,14H,8-11H2,1-5H3. The lowest BCUT2D eigenvalue weighted by molar-refractivity contribution is -0.135. The Morgan fingerprint density at radius 3 is 2.68 bits per heavy atom. The number of hydrogen-bond donors (Lipinski definition) is 0. The smallest absolute Gasteiger partial charge is 0.219 e. The fourth-order valence-electron chi connectivity index (χ4n) is 2.84. The Balaban J connectivity index is 1.91. The number of likely N-dealkylation sites (tertiary alicyclic amines) is 1. The molecule has 2 rings (SSSR count). The SMILES string of the molecule is COc1nc(C(C)C)ccc1CN(C)CC1CN(C(C)=O)C1. The van der Waals surface area contributed by atoms with Gasteiger partial charge in [0.15, 0.2) is 0 Å². The molecule has 0 bridgehead atoms. The lowest BCUT2D eigenvalue weighted by atomic mass is 9.99. The molecule has 5 nitrogen and oxygen atoms in total. The molecule has 1 fully saturated rings. The van der Waals surface area contributed by atoms with Crippen LogP contribution < -0.4 is 4.74 Å². The summed E-state index contributed by atoms with van der Waals surface area (Å²) in [6.07, 6.45) is 0. The number of carbonyl (C=O) groups excluding carboxylic acids is 1. The molecule has 0 aliphatic carbocycles. The van der Waals surface area contributed by atoms with Crippen LogP contribution in [0.2, 0.25) is 0 Å². The molecule has 22 heavy (non-hydrogen) atoms. The molecule has 1 aliphatic rings. The fourth-order valence-corrected chi connectivity index (χ4v) is 2.84. The van der Waals surface area contributed by atoms with Crippen LogP contribution in [0.5, 0.6) is 5.88 Å². The van der Waals surface area contributed by atoms with Crippen LogP contribution in [-0.2, 0) is 11.3 Å². The zero-order valence-corrected chi connectivity index (χ0v) is 14.3. The number of rotatable bonds is 6. The Morgan fingerprint density at radius 2 is 2.14 bits per heavy atom. The second-order valence-electron chi connectivity index (χ2n) is 6.55. The number of ether oxygens (including phenoxy) is 1. The number of carbonyl (C=O) groups is 1. The highest BCUT2D eigenvalue weighted by Crippen LogP contribution is 2.23. The van der Waals surface area contributed by atoms with Gasteiger partial charge in [0, 0.05) is 50.3 Å². The Kier molecular flexibility index (Phi) is 5.40. The van der Waals surface area contributed by atoms with E-state index in [4.69, 9.17) is 4.74 Å². The largest absolute Gasteiger partial charge is 0.481 e. The summed E-state index contributed by atoms with van der Waals surface area (Å²) in [6.45, 7) is 9.44. The number of nitrogens with zero attached hydrogens (tertiary/aromatic N) is 3. The molecule has 0 aromatic carbocycles. The van der Waals surface area contributed by atoms with E-state index in [1.165, 1.54) is 0 Å². The molecule has 2 heterocycles. The molecular formula is C17H27N3O2. The van der Waals surface area contributed by atoms with Crippen molar-refractivity contribution < 1.29 is 9.53 Å². The van der Waals surface area contributed by atoms with Crippen LogP contribution in [-0.4, -0.2) is 54.5 Å². The summed E-state index contributed by atoms with van der Waals surface area (Å²) in [6, 6.07) is 4.19. The van der Waals surface area contributed by atoms with Gasteiger partial charge in [-0.1, -0.05) is 19.9 Å². The Bertz CT molecular complexity index is 525. The molecule has 1 aliphatic heterocycles. The van der Waals surface area contributed by atoms with Crippen LogP contribution in [0.15, 0.2) is 12.1 Å². The van der Waals surface area contributed by atoms with E-state index in [1.807, 2.05) is 4.90 Å². The Labute approximate surface area is 133 Å². The second-order valence-corrected chi connectivity index (χ2v) is 6.55. The minimum absolute atomic E-state index is 0.175. The van der Waals surface area contributed by atoms with Gasteiger partial charge in [-0.25, -0.2) is 4.98 Å². The van der Waals surface area contributed by atoms with E-state index in [9.17, 15) is 4.79 Å². The van der Waals surface area contributed by atoms with Gasteiger partial charge in [0.2, 0.25) is 11.8 Å². The number of hydrogen-bond acceptors (Lipinski definition) is 4. The zero-order valence-electron chi connectivity index (χ0n) is 14.3. The monoisotopic (exact) mass is 305 g/mol. The summed E-state index contributed by atoms with van der Waals surface area (Å²) >= 11 is 0. The fraction of sp³-hybridized carbons (Fsp3) is 0.647. The third kappa shape index (κ3) is 3.97. The van der Waals surface area contributed by atoms with Crippen molar-refractivity contribution in [3.05, 3.63) is 23.4 Å². The molecule has 5 heteroatoms. The topological polar surface area (TPSA) is 45.7 Å². The first-order valence-electron chi connectivity index (χ1n) is 7.88.